The highest BCUT2D eigenvalue weighted by Gasteiger charge is 2.20. The Kier molecular flexibility index (Phi) is 2.70. The van der Waals surface area contributed by atoms with Gasteiger partial charge in [0.25, 0.3) is 0 Å². The molecular formula is C9H10Cl2N2. The first-order valence-corrected chi connectivity index (χ1v) is 5.21. The van der Waals surface area contributed by atoms with Crippen LogP contribution in [0.4, 0.5) is 0 Å². The Labute approximate surface area is 87.3 Å². The normalized spacial score (nSPS) is 18.0. The topological polar surface area (TPSA) is 25.8 Å². The molecular weight excluding hydrogens is 207 g/mol. The number of hydrogen-bond donors (Lipinski definition) is 0. The standard InChI is InChI=1S/C9H10Cl2N2/c10-7-5-8(11)13-9(12-7)6-3-1-2-4-6/h5-6H,1-4H2. The summed E-state index contributed by atoms with van der Waals surface area (Å²) in [4.78, 5) is 8.37. The lowest BCUT2D eigenvalue weighted by Crippen LogP contribution is -2.00. The van der Waals surface area contributed by atoms with Gasteiger partial charge in [-0.2, -0.15) is 0 Å². The van der Waals surface area contributed by atoms with E-state index in [0.717, 1.165) is 18.7 Å². The lowest BCUT2D eigenvalue weighted by Gasteiger charge is -2.07. The zero-order chi connectivity index (χ0) is 9.26. The van der Waals surface area contributed by atoms with Gasteiger partial charge in [-0.3, -0.25) is 0 Å². The molecule has 1 aromatic heterocycles. The van der Waals surface area contributed by atoms with Gasteiger partial charge in [0.1, 0.15) is 16.1 Å². The van der Waals surface area contributed by atoms with Crippen LogP contribution in [-0.4, -0.2) is 9.97 Å². The van der Waals surface area contributed by atoms with Crippen molar-refractivity contribution in [3.8, 4) is 0 Å². The SMILES string of the molecule is Clc1cc(Cl)nc(C2CCCC2)n1. The molecule has 13 heavy (non-hydrogen) atoms. The van der Waals surface area contributed by atoms with Gasteiger partial charge < -0.3 is 0 Å². The summed E-state index contributed by atoms with van der Waals surface area (Å²) in [5, 5.41) is 0.892. The molecule has 1 aliphatic rings. The average Bonchev–Trinajstić information content (AvgIpc) is 2.53. The molecule has 70 valence electrons. The highest BCUT2D eigenvalue weighted by atomic mass is 35.5. The Hall–Kier alpha value is -0.340. The number of halogens is 2. The summed E-state index contributed by atoms with van der Waals surface area (Å²) in [6.45, 7) is 0. The van der Waals surface area contributed by atoms with Crippen LogP contribution >= 0.6 is 23.2 Å². The molecule has 0 bridgehead atoms. The third-order valence-corrected chi connectivity index (χ3v) is 2.79. The van der Waals surface area contributed by atoms with Crippen LogP contribution in [0.2, 0.25) is 10.3 Å². The van der Waals surface area contributed by atoms with Gasteiger partial charge in [-0.15, -0.1) is 0 Å². The van der Waals surface area contributed by atoms with Gasteiger partial charge in [-0.05, 0) is 12.8 Å². The first-order valence-electron chi connectivity index (χ1n) is 4.45. The first kappa shape index (κ1) is 9.22. The van der Waals surface area contributed by atoms with Crippen molar-refractivity contribution >= 4 is 23.2 Å². The minimum absolute atomic E-state index is 0.446. The second kappa shape index (κ2) is 3.81. The summed E-state index contributed by atoms with van der Waals surface area (Å²) in [6, 6.07) is 1.57. The van der Waals surface area contributed by atoms with Crippen LogP contribution in [0.1, 0.15) is 37.4 Å². The molecule has 1 saturated carbocycles. The van der Waals surface area contributed by atoms with Crippen LogP contribution in [0.5, 0.6) is 0 Å². The van der Waals surface area contributed by atoms with Crippen LogP contribution in [0.15, 0.2) is 6.07 Å². The van der Waals surface area contributed by atoms with Crippen LogP contribution < -0.4 is 0 Å². The van der Waals surface area contributed by atoms with Crippen LogP contribution in [0.3, 0.4) is 0 Å². The predicted octanol–water partition coefficient (Wildman–Crippen LogP) is 3.44. The summed E-state index contributed by atoms with van der Waals surface area (Å²) in [6.07, 6.45) is 4.85. The second-order valence-corrected chi connectivity index (χ2v) is 4.13. The van der Waals surface area contributed by atoms with Gasteiger partial charge in [-0.25, -0.2) is 9.97 Å². The Morgan fingerprint density at radius 2 is 1.62 bits per heavy atom. The third kappa shape index (κ3) is 2.12. The maximum atomic E-state index is 5.79. The predicted molar refractivity (Wildman–Crippen MR) is 53.3 cm³/mol. The van der Waals surface area contributed by atoms with E-state index in [1.807, 2.05) is 0 Å². The van der Waals surface area contributed by atoms with Crippen molar-refractivity contribution in [3.63, 3.8) is 0 Å². The van der Waals surface area contributed by atoms with E-state index in [9.17, 15) is 0 Å². The van der Waals surface area contributed by atoms with Crippen molar-refractivity contribution in [3.05, 3.63) is 22.2 Å². The number of nitrogens with zero attached hydrogens (tertiary/aromatic N) is 2. The summed E-state index contributed by atoms with van der Waals surface area (Å²) in [7, 11) is 0. The molecule has 2 nitrogen and oxygen atoms in total. The van der Waals surface area contributed by atoms with E-state index in [4.69, 9.17) is 23.2 Å². The number of hydrogen-bond acceptors (Lipinski definition) is 2. The molecule has 0 spiro atoms. The molecule has 0 unspecified atom stereocenters. The minimum Gasteiger partial charge on any atom is -0.221 e. The smallest absolute Gasteiger partial charge is 0.134 e. The largest absolute Gasteiger partial charge is 0.221 e. The zero-order valence-corrected chi connectivity index (χ0v) is 8.65. The fraction of sp³-hybridized carbons (Fsp3) is 0.556. The fourth-order valence-corrected chi connectivity index (χ4v) is 2.21. The van der Waals surface area contributed by atoms with Gasteiger partial charge in [0.2, 0.25) is 0 Å². The highest BCUT2D eigenvalue weighted by molar-refractivity contribution is 6.33. The van der Waals surface area contributed by atoms with Gasteiger partial charge in [0, 0.05) is 12.0 Å². The molecule has 1 aromatic rings. The molecule has 2 rings (SSSR count). The summed E-state index contributed by atoms with van der Waals surface area (Å²) < 4.78 is 0. The maximum absolute atomic E-state index is 5.79. The third-order valence-electron chi connectivity index (χ3n) is 2.40. The molecule has 4 heteroatoms. The van der Waals surface area contributed by atoms with Crippen molar-refractivity contribution in [2.24, 2.45) is 0 Å². The number of aromatic nitrogens is 2. The average molecular weight is 217 g/mol. The van der Waals surface area contributed by atoms with E-state index in [-0.39, 0.29) is 0 Å². The molecule has 0 aliphatic heterocycles. The zero-order valence-electron chi connectivity index (χ0n) is 7.13. The molecule has 0 atom stereocenters. The first-order chi connectivity index (χ1) is 6.25. The van der Waals surface area contributed by atoms with Gasteiger partial charge in [-0.1, -0.05) is 36.0 Å². The lowest BCUT2D eigenvalue weighted by molar-refractivity contribution is 0.668. The van der Waals surface area contributed by atoms with Crippen molar-refractivity contribution in [1.82, 2.24) is 9.97 Å². The maximum Gasteiger partial charge on any atom is 0.134 e. The Bertz CT molecular complexity index is 288. The van der Waals surface area contributed by atoms with Crippen molar-refractivity contribution < 1.29 is 0 Å². The van der Waals surface area contributed by atoms with Crippen molar-refractivity contribution in [1.29, 1.82) is 0 Å². The second-order valence-electron chi connectivity index (χ2n) is 3.35. The summed E-state index contributed by atoms with van der Waals surface area (Å²) in [5.41, 5.74) is 0. The Morgan fingerprint density at radius 1 is 1.08 bits per heavy atom. The molecule has 0 amide bonds. The Morgan fingerprint density at radius 3 is 2.15 bits per heavy atom. The molecule has 0 N–H and O–H groups in total. The van der Waals surface area contributed by atoms with E-state index >= 15 is 0 Å². The van der Waals surface area contributed by atoms with Crippen LogP contribution in [-0.2, 0) is 0 Å². The minimum atomic E-state index is 0.446. The van der Waals surface area contributed by atoms with Gasteiger partial charge in [0.05, 0.1) is 0 Å². The van der Waals surface area contributed by atoms with Crippen molar-refractivity contribution in [2.45, 2.75) is 31.6 Å². The van der Waals surface area contributed by atoms with Crippen molar-refractivity contribution in [2.75, 3.05) is 0 Å². The summed E-state index contributed by atoms with van der Waals surface area (Å²) in [5.74, 6) is 1.28. The number of rotatable bonds is 1. The Balaban J connectivity index is 2.28. The van der Waals surface area contributed by atoms with Crippen LogP contribution in [0, 0.1) is 0 Å². The summed E-state index contributed by atoms with van der Waals surface area (Å²) >= 11 is 11.6. The molecule has 1 aliphatic carbocycles. The quantitative estimate of drug-likeness (QED) is 0.673. The van der Waals surface area contributed by atoms with E-state index in [1.165, 1.54) is 12.8 Å². The molecule has 1 heterocycles. The monoisotopic (exact) mass is 216 g/mol. The van der Waals surface area contributed by atoms with E-state index in [0.29, 0.717) is 16.2 Å². The van der Waals surface area contributed by atoms with E-state index in [2.05, 4.69) is 9.97 Å². The molecule has 1 fully saturated rings. The van der Waals surface area contributed by atoms with E-state index in [1.54, 1.807) is 6.07 Å². The molecule has 0 aromatic carbocycles. The molecule has 0 saturated heterocycles. The van der Waals surface area contributed by atoms with Crippen LogP contribution in [0.25, 0.3) is 0 Å². The lowest BCUT2D eigenvalue weighted by atomic mass is 10.1. The molecule has 0 radical (unpaired) electrons. The van der Waals surface area contributed by atoms with Gasteiger partial charge >= 0.3 is 0 Å². The fourth-order valence-electron chi connectivity index (χ4n) is 1.77. The van der Waals surface area contributed by atoms with Gasteiger partial charge in [0.15, 0.2) is 0 Å². The highest BCUT2D eigenvalue weighted by Crippen LogP contribution is 2.32. The van der Waals surface area contributed by atoms with E-state index < -0.39 is 0 Å².